The summed E-state index contributed by atoms with van der Waals surface area (Å²) in [6.45, 7) is 3.54. The lowest BCUT2D eigenvalue weighted by molar-refractivity contribution is -0.140. The zero-order valence-electron chi connectivity index (χ0n) is 10.9. The molecule has 0 radical (unpaired) electrons. The van der Waals surface area contributed by atoms with E-state index in [1.807, 2.05) is 0 Å². The van der Waals surface area contributed by atoms with Crippen LogP contribution in [0.15, 0.2) is 0 Å². The van der Waals surface area contributed by atoms with Gasteiger partial charge in [-0.3, -0.25) is 9.59 Å². The van der Waals surface area contributed by atoms with E-state index in [1.165, 1.54) is 32.1 Å². The highest BCUT2D eigenvalue weighted by molar-refractivity contribution is 6.36. The van der Waals surface area contributed by atoms with Crippen molar-refractivity contribution in [1.29, 1.82) is 0 Å². The van der Waals surface area contributed by atoms with Crippen LogP contribution < -0.4 is 5.32 Å². The van der Waals surface area contributed by atoms with Crippen molar-refractivity contribution < 1.29 is 9.59 Å². The molecule has 1 N–H and O–H groups in total. The second-order valence-corrected chi connectivity index (χ2v) is 6.12. The van der Waals surface area contributed by atoms with Crippen LogP contribution >= 0.6 is 0 Å². The highest BCUT2D eigenvalue weighted by Gasteiger charge is 2.40. The van der Waals surface area contributed by atoms with Crippen molar-refractivity contribution in [3.8, 4) is 0 Å². The Kier molecular flexibility index (Phi) is 3.55. The lowest BCUT2D eigenvalue weighted by atomic mass is 9.60. The molecule has 2 rings (SSSR count). The van der Waals surface area contributed by atoms with E-state index in [9.17, 15) is 9.59 Å². The van der Waals surface area contributed by atoms with Crippen molar-refractivity contribution in [2.24, 2.45) is 11.3 Å². The summed E-state index contributed by atoms with van der Waals surface area (Å²) in [5, 5.41) is 2.90. The second-order valence-electron chi connectivity index (χ2n) is 6.12. The first-order valence-corrected chi connectivity index (χ1v) is 6.87. The average molecular weight is 237 g/mol. The number of hydrogen-bond acceptors (Lipinski definition) is 2. The molecule has 0 bridgehead atoms. The minimum atomic E-state index is -0.380. The average Bonchev–Trinajstić information content (AvgIpc) is 2.26. The molecule has 2 aliphatic carbocycles. The predicted molar refractivity (Wildman–Crippen MR) is 66.5 cm³/mol. The second kappa shape index (κ2) is 4.79. The van der Waals surface area contributed by atoms with Gasteiger partial charge < -0.3 is 5.32 Å². The van der Waals surface area contributed by atoms with Crippen LogP contribution in [0.4, 0.5) is 0 Å². The third-order valence-corrected chi connectivity index (χ3v) is 4.54. The van der Waals surface area contributed by atoms with Gasteiger partial charge in [0.25, 0.3) is 5.91 Å². The number of carbonyl (C=O) groups excluding carboxylic acids is 2. The van der Waals surface area contributed by atoms with Gasteiger partial charge in [-0.25, -0.2) is 0 Å². The largest absolute Gasteiger partial charge is 0.347 e. The first-order valence-electron chi connectivity index (χ1n) is 6.87. The molecule has 0 aromatic rings. The molecule has 0 saturated heterocycles. The summed E-state index contributed by atoms with van der Waals surface area (Å²) in [6.07, 6.45) is 8.69. The van der Waals surface area contributed by atoms with Gasteiger partial charge in [0.15, 0.2) is 0 Å². The summed E-state index contributed by atoms with van der Waals surface area (Å²) >= 11 is 0. The van der Waals surface area contributed by atoms with Gasteiger partial charge in [-0.2, -0.15) is 0 Å². The lowest BCUT2D eigenvalue weighted by Crippen LogP contribution is -2.45. The zero-order valence-corrected chi connectivity index (χ0v) is 10.9. The van der Waals surface area contributed by atoms with Gasteiger partial charge in [0.2, 0.25) is 5.78 Å². The molecular formula is C14H23NO2. The number of amides is 1. The molecule has 1 amide bonds. The number of rotatable bonds is 3. The Labute approximate surface area is 103 Å². The van der Waals surface area contributed by atoms with E-state index in [-0.39, 0.29) is 23.7 Å². The van der Waals surface area contributed by atoms with Gasteiger partial charge in [-0.1, -0.05) is 20.3 Å². The Hall–Kier alpha value is -0.860. The van der Waals surface area contributed by atoms with Crippen LogP contribution in [0.3, 0.4) is 0 Å². The number of carbonyl (C=O) groups is 2. The molecule has 0 aromatic heterocycles. The van der Waals surface area contributed by atoms with E-state index in [0.717, 1.165) is 12.8 Å². The number of hydrogen-bond donors (Lipinski definition) is 1. The topological polar surface area (TPSA) is 46.2 Å². The van der Waals surface area contributed by atoms with E-state index >= 15 is 0 Å². The van der Waals surface area contributed by atoms with Gasteiger partial charge in [0.1, 0.15) is 0 Å². The Morgan fingerprint density at radius 1 is 1.12 bits per heavy atom. The van der Waals surface area contributed by atoms with Gasteiger partial charge in [-0.05, 0) is 43.9 Å². The standard InChI is InChI=1S/C14H23NO2/c1-10(2)12(16)13(17)15-11-4-8-14(9-5-11)6-3-7-14/h10-11H,3-9H2,1-2H3,(H,15,17). The summed E-state index contributed by atoms with van der Waals surface area (Å²) in [5.41, 5.74) is 0.614. The normalized spacial score (nSPS) is 23.5. The summed E-state index contributed by atoms with van der Waals surface area (Å²) < 4.78 is 0. The van der Waals surface area contributed by atoms with Gasteiger partial charge in [-0.15, -0.1) is 0 Å². The fraction of sp³-hybridized carbons (Fsp3) is 0.857. The molecule has 0 unspecified atom stereocenters. The minimum Gasteiger partial charge on any atom is -0.347 e. The summed E-state index contributed by atoms with van der Waals surface area (Å²) in [5.74, 6) is -0.861. The SMILES string of the molecule is CC(C)C(=O)C(=O)NC1CCC2(CCC2)CC1. The summed E-state index contributed by atoms with van der Waals surface area (Å²) in [6, 6.07) is 0.233. The van der Waals surface area contributed by atoms with Crippen molar-refractivity contribution in [3.05, 3.63) is 0 Å². The quantitative estimate of drug-likeness (QED) is 0.766. The zero-order chi connectivity index (χ0) is 12.5. The predicted octanol–water partition coefficient (Wildman–Crippen LogP) is 2.44. The molecule has 0 heterocycles. The van der Waals surface area contributed by atoms with Crippen molar-refractivity contribution >= 4 is 11.7 Å². The lowest BCUT2D eigenvalue weighted by Gasteiger charge is -2.47. The highest BCUT2D eigenvalue weighted by atomic mass is 16.2. The minimum absolute atomic E-state index is 0.198. The molecule has 17 heavy (non-hydrogen) atoms. The Morgan fingerprint density at radius 2 is 1.71 bits per heavy atom. The Bertz CT molecular complexity index is 308. The van der Waals surface area contributed by atoms with Crippen LogP contribution in [0, 0.1) is 11.3 Å². The molecule has 0 aliphatic heterocycles. The molecule has 96 valence electrons. The Morgan fingerprint density at radius 3 is 2.12 bits per heavy atom. The number of ketones is 1. The number of nitrogens with one attached hydrogen (secondary N) is 1. The molecule has 2 aliphatic rings. The smallest absolute Gasteiger partial charge is 0.287 e. The molecule has 2 fully saturated rings. The fourth-order valence-corrected chi connectivity index (χ4v) is 3.07. The third-order valence-electron chi connectivity index (χ3n) is 4.54. The first-order chi connectivity index (χ1) is 8.02. The molecule has 3 nitrogen and oxygen atoms in total. The molecule has 3 heteroatoms. The van der Waals surface area contributed by atoms with Gasteiger partial charge >= 0.3 is 0 Å². The van der Waals surface area contributed by atoms with Crippen molar-refractivity contribution in [2.45, 2.75) is 64.8 Å². The molecule has 1 spiro atoms. The van der Waals surface area contributed by atoms with Crippen molar-refractivity contribution in [2.75, 3.05) is 0 Å². The van der Waals surface area contributed by atoms with Crippen LogP contribution in [0.1, 0.15) is 58.8 Å². The van der Waals surface area contributed by atoms with E-state index in [1.54, 1.807) is 13.8 Å². The third kappa shape index (κ3) is 2.70. The van der Waals surface area contributed by atoms with Gasteiger partial charge in [0, 0.05) is 12.0 Å². The van der Waals surface area contributed by atoms with E-state index < -0.39 is 0 Å². The highest BCUT2D eigenvalue weighted by Crippen LogP contribution is 2.51. The van der Waals surface area contributed by atoms with Crippen LogP contribution in [0.2, 0.25) is 0 Å². The van der Waals surface area contributed by atoms with E-state index in [0.29, 0.717) is 5.41 Å². The molecular weight excluding hydrogens is 214 g/mol. The van der Waals surface area contributed by atoms with Crippen molar-refractivity contribution in [1.82, 2.24) is 5.32 Å². The Balaban J connectivity index is 1.78. The van der Waals surface area contributed by atoms with Crippen LogP contribution in [-0.2, 0) is 9.59 Å². The van der Waals surface area contributed by atoms with Crippen LogP contribution in [0.5, 0.6) is 0 Å². The first kappa shape index (κ1) is 12.6. The summed E-state index contributed by atoms with van der Waals surface area (Å²) in [4.78, 5) is 23.1. The summed E-state index contributed by atoms with van der Waals surface area (Å²) in [7, 11) is 0. The number of Topliss-reactive ketones (excluding diaryl/α,β-unsaturated/α-hetero) is 1. The molecule has 0 aromatic carbocycles. The fourth-order valence-electron chi connectivity index (χ4n) is 3.07. The van der Waals surface area contributed by atoms with Gasteiger partial charge in [0.05, 0.1) is 0 Å². The molecule has 2 saturated carbocycles. The van der Waals surface area contributed by atoms with Crippen molar-refractivity contribution in [3.63, 3.8) is 0 Å². The van der Waals surface area contributed by atoms with E-state index in [2.05, 4.69) is 5.32 Å². The monoisotopic (exact) mass is 237 g/mol. The van der Waals surface area contributed by atoms with E-state index in [4.69, 9.17) is 0 Å². The maximum Gasteiger partial charge on any atom is 0.287 e. The maximum atomic E-state index is 11.6. The van der Waals surface area contributed by atoms with Crippen LogP contribution in [-0.4, -0.2) is 17.7 Å². The van der Waals surface area contributed by atoms with Crippen LogP contribution in [0.25, 0.3) is 0 Å². The maximum absolute atomic E-state index is 11.6. The molecule has 0 atom stereocenters.